The van der Waals surface area contributed by atoms with Gasteiger partial charge < -0.3 is 18.6 Å². The number of carbonyl (C=O) groups excluding carboxylic acids is 1. The van der Waals surface area contributed by atoms with Gasteiger partial charge >= 0.3 is 10.1 Å². The summed E-state index contributed by atoms with van der Waals surface area (Å²) in [4.78, 5) is 13.8. The number of ether oxygens (including phenoxy) is 2. The van der Waals surface area contributed by atoms with Crippen molar-refractivity contribution in [1.82, 2.24) is 4.90 Å². The van der Waals surface area contributed by atoms with E-state index in [9.17, 15) is 13.2 Å². The normalized spacial score (nSPS) is 11.7. The topological polar surface area (TPSA) is 82.1 Å². The molecule has 0 radical (unpaired) electrons. The van der Waals surface area contributed by atoms with E-state index >= 15 is 0 Å². The molecule has 0 spiro atoms. The van der Waals surface area contributed by atoms with Gasteiger partial charge in [0.05, 0.1) is 12.4 Å². The van der Waals surface area contributed by atoms with Gasteiger partial charge in [0, 0.05) is 19.7 Å². The summed E-state index contributed by atoms with van der Waals surface area (Å²) < 4.78 is 39.4. The Labute approximate surface area is 150 Å². The molecule has 1 amide bonds. The Kier molecular flexibility index (Phi) is 7.69. The average molecular weight is 373 g/mol. The van der Waals surface area contributed by atoms with E-state index < -0.39 is 15.4 Å². The third kappa shape index (κ3) is 5.89. The minimum absolute atomic E-state index is 0.0145. The van der Waals surface area contributed by atoms with Gasteiger partial charge in [-0.15, -0.1) is 0 Å². The van der Waals surface area contributed by atoms with Crippen molar-refractivity contribution < 1.29 is 26.9 Å². The highest BCUT2D eigenvalue weighted by Crippen LogP contribution is 2.30. The molecule has 7 nitrogen and oxygen atoms in total. The van der Waals surface area contributed by atoms with Crippen LogP contribution in [-0.4, -0.2) is 51.3 Å². The molecule has 25 heavy (non-hydrogen) atoms. The zero-order valence-corrected chi connectivity index (χ0v) is 16.4. The van der Waals surface area contributed by atoms with E-state index in [1.54, 1.807) is 23.1 Å². The van der Waals surface area contributed by atoms with Crippen molar-refractivity contribution in [2.75, 3.05) is 20.8 Å². The maximum atomic E-state index is 12.2. The zero-order valence-electron chi connectivity index (χ0n) is 15.6. The fourth-order valence-electron chi connectivity index (χ4n) is 2.07. The number of methoxy groups -OCH3 is 2. The molecule has 0 N–H and O–H groups in total. The molecule has 8 heteroatoms. The van der Waals surface area contributed by atoms with Gasteiger partial charge in [-0.1, -0.05) is 6.07 Å². The Balaban J connectivity index is 3.13. The predicted octanol–water partition coefficient (Wildman–Crippen LogP) is 2.20. The summed E-state index contributed by atoms with van der Waals surface area (Å²) in [5.74, 6) is 0.273. The first-order valence-corrected chi connectivity index (χ1v) is 9.48. The zero-order chi connectivity index (χ0) is 19.2. The highest BCUT2D eigenvalue weighted by Gasteiger charge is 2.22. The molecule has 0 aliphatic carbocycles. The standard InChI is InChI=1S/C17H27NO6S/c1-12(2)18(17(19)11-22-5)10-14-7-8-15(23-6)16(9-14)24-25(20,21)13(3)4/h7-9,12-13H,10-11H2,1-6H3. The lowest BCUT2D eigenvalue weighted by molar-refractivity contribution is -0.137. The highest BCUT2D eigenvalue weighted by atomic mass is 32.2. The first-order chi connectivity index (χ1) is 11.6. The summed E-state index contributed by atoms with van der Waals surface area (Å²) in [6, 6.07) is 4.94. The van der Waals surface area contributed by atoms with Crippen LogP contribution in [0.1, 0.15) is 33.3 Å². The van der Waals surface area contributed by atoms with Crippen LogP contribution in [0.2, 0.25) is 0 Å². The molecule has 1 aromatic carbocycles. The molecule has 0 saturated carbocycles. The van der Waals surface area contributed by atoms with Crippen LogP contribution in [0.25, 0.3) is 0 Å². The number of benzene rings is 1. The van der Waals surface area contributed by atoms with Gasteiger partial charge in [-0.25, -0.2) is 0 Å². The minimum atomic E-state index is -3.75. The van der Waals surface area contributed by atoms with Gasteiger partial charge in [-0.2, -0.15) is 8.42 Å². The van der Waals surface area contributed by atoms with Gasteiger partial charge in [0.2, 0.25) is 5.91 Å². The van der Waals surface area contributed by atoms with Crippen LogP contribution in [0.4, 0.5) is 0 Å². The molecule has 1 rings (SSSR count). The first-order valence-electron chi connectivity index (χ1n) is 8.01. The van der Waals surface area contributed by atoms with Crippen molar-refractivity contribution in [1.29, 1.82) is 0 Å². The fourth-order valence-corrected chi connectivity index (χ4v) is 2.64. The average Bonchev–Trinajstić information content (AvgIpc) is 2.52. The van der Waals surface area contributed by atoms with E-state index in [4.69, 9.17) is 13.7 Å². The molecule has 142 valence electrons. The van der Waals surface area contributed by atoms with Crippen molar-refractivity contribution in [2.45, 2.75) is 45.5 Å². The lowest BCUT2D eigenvalue weighted by atomic mass is 10.1. The van der Waals surface area contributed by atoms with Crippen LogP contribution in [0.15, 0.2) is 18.2 Å². The molecule has 0 bridgehead atoms. The highest BCUT2D eigenvalue weighted by molar-refractivity contribution is 7.87. The van der Waals surface area contributed by atoms with Crippen LogP contribution in [-0.2, 0) is 26.2 Å². The predicted molar refractivity (Wildman–Crippen MR) is 95.2 cm³/mol. The first kappa shape index (κ1) is 21.2. The Morgan fingerprint density at radius 1 is 1.12 bits per heavy atom. The van der Waals surface area contributed by atoms with Crippen molar-refractivity contribution in [3.63, 3.8) is 0 Å². The van der Waals surface area contributed by atoms with E-state index in [2.05, 4.69) is 0 Å². The van der Waals surface area contributed by atoms with Crippen LogP contribution in [0.3, 0.4) is 0 Å². The largest absolute Gasteiger partial charge is 0.493 e. The maximum Gasteiger partial charge on any atom is 0.311 e. The van der Waals surface area contributed by atoms with Gasteiger partial charge in [-0.05, 0) is 45.4 Å². The lowest BCUT2D eigenvalue weighted by Crippen LogP contribution is -2.38. The van der Waals surface area contributed by atoms with Gasteiger partial charge in [0.1, 0.15) is 6.61 Å². The van der Waals surface area contributed by atoms with Crippen LogP contribution in [0, 0.1) is 0 Å². The molecular formula is C17H27NO6S. The molecule has 0 unspecified atom stereocenters. The van der Waals surface area contributed by atoms with Crippen molar-refractivity contribution in [3.05, 3.63) is 23.8 Å². The van der Waals surface area contributed by atoms with E-state index in [-0.39, 0.29) is 24.3 Å². The molecule has 0 heterocycles. The van der Waals surface area contributed by atoms with E-state index in [1.165, 1.54) is 28.1 Å². The quantitative estimate of drug-likeness (QED) is 0.617. The van der Waals surface area contributed by atoms with E-state index in [1.807, 2.05) is 13.8 Å². The van der Waals surface area contributed by atoms with E-state index in [0.717, 1.165) is 5.56 Å². The number of hydrogen-bond acceptors (Lipinski definition) is 6. The summed E-state index contributed by atoms with van der Waals surface area (Å²) in [6.45, 7) is 7.17. The van der Waals surface area contributed by atoms with E-state index in [0.29, 0.717) is 12.3 Å². The van der Waals surface area contributed by atoms with Crippen molar-refractivity contribution in [2.24, 2.45) is 0 Å². The molecule has 0 aromatic heterocycles. The number of nitrogens with zero attached hydrogens (tertiary/aromatic N) is 1. The summed E-state index contributed by atoms with van der Waals surface area (Å²) in [6.07, 6.45) is 0. The number of amides is 1. The molecule has 0 saturated heterocycles. The fraction of sp³-hybridized carbons (Fsp3) is 0.588. The molecule has 0 fully saturated rings. The van der Waals surface area contributed by atoms with Gasteiger partial charge in [0.15, 0.2) is 11.5 Å². The van der Waals surface area contributed by atoms with Gasteiger partial charge in [-0.3, -0.25) is 4.79 Å². The minimum Gasteiger partial charge on any atom is -0.493 e. The molecule has 1 aromatic rings. The number of carbonyl (C=O) groups is 1. The molecule has 0 aliphatic rings. The Morgan fingerprint density at radius 3 is 2.24 bits per heavy atom. The van der Waals surface area contributed by atoms with Crippen molar-refractivity contribution in [3.8, 4) is 11.5 Å². The Bertz CT molecular complexity index is 684. The Hall–Kier alpha value is -1.80. The second-order valence-corrected chi connectivity index (χ2v) is 8.25. The maximum absolute atomic E-state index is 12.2. The Morgan fingerprint density at radius 2 is 1.76 bits per heavy atom. The summed E-state index contributed by atoms with van der Waals surface area (Å²) in [5, 5.41) is -0.684. The molecule has 0 atom stereocenters. The van der Waals surface area contributed by atoms with Crippen molar-refractivity contribution >= 4 is 16.0 Å². The third-order valence-corrected chi connectivity index (χ3v) is 5.14. The number of rotatable bonds is 9. The molecule has 0 aliphatic heterocycles. The second kappa shape index (κ2) is 9.05. The van der Waals surface area contributed by atoms with Gasteiger partial charge in [0.25, 0.3) is 0 Å². The van der Waals surface area contributed by atoms with Crippen LogP contribution in [0.5, 0.6) is 11.5 Å². The molecular weight excluding hydrogens is 346 g/mol. The number of hydrogen-bond donors (Lipinski definition) is 0. The summed E-state index contributed by atoms with van der Waals surface area (Å²) >= 11 is 0. The lowest BCUT2D eigenvalue weighted by Gasteiger charge is -2.27. The smallest absolute Gasteiger partial charge is 0.311 e. The second-order valence-electron chi connectivity index (χ2n) is 6.16. The van der Waals surface area contributed by atoms with Crippen LogP contribution >= 0.6 is 0 Å². The van der Waals surface area contributed by atoms with Crippen LogP contribution < -0.4 is 8.92 Å². The summed E-state index contributed by atoms with van der Waals surface area (Å²) in [7, 11) is -0.849. The SMILES string of the molecule is COCC(=O)N(Cc1ccc(OC)c(OS(=O)(=O)C(C)C)c1)C(C)C. The third-order valence-electron chi connectivity index (χ3n) is 3.58. The monoisotopic (exact) mass is 373 g/mol. The summed E-state index contributed by atoms with van der Waals surface area (Å²) in [5.41, 5.74) is 0.730.